The maximum atomic E-state index is 12.6. The van der Waals surface area contributed by atoms with Gasteiger partial charge in [0.25, 0.3) is 0 Å². The zero-order valence-corrected chi connectivity index (χ0v) is 10.2. The van der Waals surface area contributed by atoms with Crippen LogP contribution >= 0.6 is 0 Å². The molecule has 4 nitrogen and oxygen atoms in total. The van der Waals surface area contributed by atoms with Crippen molar-refractivity contribution in [3.05, 3.63) is 35.6 Å². The number of nitrogens with one attached hydrogen (secondary N) is 1. The van der Waals surface area contributed by atoms with Crippen molar-refractivity contribution in [1.82, 2.24) is 5.32 Å². The van der Waals surface area contributed by atoms with E-state index in [4.69, 9.17) is 0 Å². The van der Waals surface area contributed by atoms with Crippen LogP contribution in [-0.2, 0) is 20.7 Å². The highest BCUT2D eigenvalue weighted by molar-refractivity contribution is 5.78. The number of carbonyl (C=O) groups excluding carboxylic acids is 2. The molecule has 1 aromatic carbocycles. The normalized spacial score (nSPS) is 9.89. The van der Waals surface area contributed by atoms with Crippen molar-refractivity contribution in [3.8, 4) is 0 Å². The minimum atomic E-state index is -0.322. The van der Waals surface area contributed by atoms with Gasteiger partial charge in [0.1, 0.15) is 5.82 Å². The lowest BCUT2D eigenvalue weighted by molar-refractivity contribution is -0.140. The van der Waals surface area contributed by atoms with Crippen LogP contribution in [0.15, 0.2) is 24.3 Å². The van der Waals surface area contributed by atoms with Gasteiger partial charge in [-0.2, -0.15) is 0 Å². The summed E-state index contributed by atoms with van der Waals surface area (Å²) >= 11 is 0. The monoisotopic (exact) mass is 253 g/mol. The third-order valence-electron chi connectivity index (χ3n) is 2.39. The maximum absolute atomic E-state index is 12.6. The van der Waals surface area contributed by atoms with Crippen LogP contribution in [0.2, 0.25) is 0 Å². The Balaban J connectivity index is 2.21. The highest BCUT2D eigenvalue weighted by Crippen LogP contribution is 2.03. The van der Waals surface area contributed by atoms with Gasteiger partial charge in [-0.05, 0) is 24.1 Å². The third kappa shape index (κ3) is 5.43. The van der Waals surface area contributed by atoms with Crippen molar-refractivity contribution in [2.45, 2.75) is 19.3 Å². The van der Waals surface area contributed by atoms with Crippen molar-refractivity contribution in [2.24, 2.45) is 0 Å². The van der Waals surface area contributed by atoms with E-state index in [1.807, 2.05) is 0 Å². The van der Waals surface area contributed by atoms with Crippen LogP contribution in [0.3, 0.4) is 0 Å². The number of hydrogen-bond donors (Lipinski definition) is 1. The molecule has 0 aliphatic heterocycles. The number of benzene rings is 1. The number of halogens is 1. The molecule has 0 spiro atoms. The molecule has 18 heavy (non-hydrogen) atoms. The minimum Gasteiger partial charge on any atom is -0.469 e. The molecule has 0 unspecified atom stereocenters. The van der Waals surface area contributed by atoms with Crippen LogP contribution in [0.1, 0.15) is 18.4 Å². The summed E-state index contributed by atoms with van der Waals surface area (Å²) in [7, 11) is 1.33. The van der Waals surface area contributed by atoms with Gasteiger partial charge in [0, 0.05) is 13.0 Å². The van der Waals surface area contributed by atoms with Gasteiger partial charge in [-0.25, -0.2) is 4.39 Å². The van der Waals surface area contributed by atoms with Gasteiger partial charge < -0.3 is 10.1 Å². The van der Waals surface area contributed by atoms with E-state index in [0.29, 0.717) is 13.0 Å². The Hall–Kier alpha value is -1.91. The SMILES string of the molecule is COC(=O)CCCNC(=O)Cc1ccc(F)cc1. The van der Waals surface area contributed by atoms with Crippen LogP contribution in [0.5, 0.6) is 0 Å². The molecular formula is C13H16FNO3. The van der Waals surface area contributed by atoms with Gasteiger partial charge in [0.2, 0.25) is 5.91 Å². The largest absolute Gasteiger partial charge is 0.469 e. The number of rotatable bonds is 6. The Morgan fingerprint density at radius 3 is 2.56 bits per heavy atom. The molecule has 0 heterocycles. The molecule has 0 bridgehead atoms. The summed E-state index contributed by atoms with van der Waals surface area (Å²) in [4.78, 5) is 22.3. The number of carbonyl (C=O) groups is 2. The zero-order valence-electron chi connectivity index (χ0n) is 10.2. The second-order valence-corrected chi connectivity index (χ2v) is 3.83. The smallest absolute Gasteiger partial charge is 0.305 e. The molecule has 5 heteroatoms. The topological polar surface area (TPSA) is 55.4 Å². The van der Waals surface area contributed by atoms with Crippen LogP contribution in [0.25, 0.3) is 0 Å². The van der Waals surface area contributed by atoms with E-state index in [1.165, 1.54) is 19.2 Å². The molecule has 0 atom stereocenters. The summed E-state index contributed by atoms with van der Waals surface area (Å²) < 4.78 is 17.1. The molecule has 98 valence electrons. The Bertz CT molecular complexity index is 403. The fourth-order valence-corrected chi connectivity index (χ4v) is 1.41. The second-order valence-electron chi connectivity index (χ2n) is 3.83. The van der Waals surface area contributed by atoms with E-state index in [9.17, 15) is 14.0 Å². The molecule has 0 saturated carbocycles. The second kappa shape index (κ2) is 7.42. The molecule has 1 rings (SSSR count). The fourth-order valence-electron chi connectivity index (χ4n) is 1.41. The van der Waals surface area contributed by atoms with E-state index < -0.39 is 0 Å². The van der Waals surface area contributed by atoms with E-state index in [0.717, 1.165) is 5.56 Å². The number of methoxy groups -OCH3 is 1. The van der Waals surface area contributed by atoms with Gasteiger partial charge in [0.15, 0.2) is 0 Å². The number of hydrogen-bond acceptors (Lipinski definition) is 3. The molecule has 0 fully saturated rings. The Morgan fingerprint density at radius 1 is 1.28 bits per heavy atom. The van der Waals surface area contributed by atoms with Gasteiger partial charge in [-0.1, -0.05) is 12.1 Å². The summed E-state index contributed by atoms with van der Waals surface area (Å²) in [6, 6.07) is 5.78. The highest BCUT2D eigenvalue weighted by atomic mass is 19.1. The summed E-state index contributed by atoms with van der Waals surface area (Å²) in [6.45, 7) is 0.426. The Labute approximate surface area is 105 Å². The lowest BCUT2D eigenvalue weighted by atomic mass is 10.1. The third-order valence-corrected chi connectivity index (χ3v) is 2.39. The van der Waals surface area contributed by atoms with Crippen molar-refractivity contribution in [3.63, 3.8) is 0 Å². The van der Waals surface area contributed by atoms with Crippen molar-refractivity contribution in [1.29, 1.82) is 0 Å². The van der Waals surface area contributed by atoms with E-state index >= 15 is 0 Å². The first-order valence-corrected chi connectivity index (χ1v) is 5.70. The quantitative estimate of drug-likeness (QED) is 0.616. The fraction of sp³-hybridized carbons (Fsp3) is 0.385. The van der Waals surface area contributed by atoms with E-state index in [2.05, 4.69) is 10.1 Å². The molecule has 0 radical (unpaired) electrons. The summed E-state index contributed by atoms with van der Waals surface area (Å²) in [5.74, 6) is -0.758. The van der Waals surface area contributed by atoms with Crippen molar-refractivity contribution >= 4 is 11.9 Å². The number of ether oxygens (including phenoxy) is 1. The lowest BCUT2D eigenvalue weighted by Crippen LogP contribution is -2.26. The van der Waals surface area contributed by atoms with Gasteiger partial charge in [0.05, 0.1) is 13.5 Å². The van der Waals surface area contributed by atoms with E-state index in [-0.39, 0.29) is 30.5 Å². The molecule has 1 amide bonds. The molecule has 0 aliphatic carbocycles. The highest BCUT2D eigenvalue weighted by Gasteiger charge is 2.04. The van der Waals surface area contributed by atoms with Gasteiger partial charge in [-0.15, -0.1) is 0 Å². The number of amides is 1. The Morgan fingerprint density at radius 2 is 1.94 bits per heavy atom. The van der Waals surface area contributed by atoms with Crippen LogP contribution in [-0.4, -0.2) is 25.5 Å². The molecule has 1 N–H and O–H groups in total. The van der Waals surface area contributed by atoms with Crippen molar-refractivity contribution < 1.29 is 18.7 Å². The van der Waals surface area contributed by atoms with Crippen LogP contribution in [0, 0.1) is 5.82 Å². The predicted octanol–water partition coefficient (Wildman–Crippen LogP) is 1.44. The molecule has 1 aromatic rings. The van der Waals surface area contributed by atoms with Gasteiger partial charge in [-0.3, -0.25) is 9.59 Å². The molecule has 0 aliphatic rings. The molecule has 0 aromatic heterocycles. The van der Waals surface area contributed by atoms with Crippen LogP contribution in [0.4, 0.5) is 4.39 Å². The minimum absolute atomic E-state index is 0.147. The first-order chi connectivity index (χ1) is 8.61. The first-order valence-electron chi connectivity index (χ1n) is 5.70. The van der Waals surface area contributed by atoms with Crippen LogP contribution < -0.4 is 5.32 Å². The van der Waals surface area contributed by atoms with Gasteiger partial charge >= 0.3 is 5.97 Å². The predicted molar refractivity (Wildman–Crippen MR) is 64.4 cm³/mol. The van der Waals surface area contributed by atoms with Crippen molar-refractivity contribution in [2.75, 3.05) is 13.7 Å². The average Bonchev–Trinajstić information content (AvgIpc) is 2.37. The van der Waals surface area contributed by atoms with E-state index in [1.54, 1.807) is 12.1 Å². The summed E-state index contributed by atoms with van der Waals surface area (Å²) in [6.07, 6.45) is 1.04. The number of esters is 1. The summed E-state index contributed by atoms with van der Waals surface area (Å²) in [5, 5.41) is 2.68. The average molecular weight is 253 g/mol. The maximum Gasteiger partial charge on any atom is 0.305 e. The zero-order chi connectivity index (χ0) is 13.4. The summed E-state index contributed by atoms with van der Waals surface area (Å²) in [5.41, 5.74) is 0.752. The Kier molecular flexibility index (Phi) is 5.84. The molecule has 0 saturated heterocycles. The first kappa shape index (κ1) is 14.2. The lowest BCUT2D eigenvalue weighted by Gasteiger charge is -2.04. The molecular weight excluding hydrogens is 237 g/mol. The standard InChI is InChI=1S/C13H16FNO3/c1-18-13(17)3-2-8-15-12(16)9-10-4-6-11(14)7-5-10/h4-7H,2-3,8-9H2,1H3,(H,15,16).